The first-order valence-electron chi connectivity index (χ1n) is 8.11. The number of aryl methyl sites for hydroxylation is 1. The Hall–Kier alpha value is -2.94. The van der Waals surface area contributed by atoms with Gasteiger partial charge in [0.15, 0.2) is 0 Å². The summed E-state index contributed by atoms with van der Waals surface area (Å²) in [5, 5.41) is 3.83. The van der Waals surface area contributed by atoms with Crippen molar-refractivity contribution in [3.05, 3.63) is 78.0 Å². The summed E-state index contributed by atoms with van der Waals surface area (Å²) < 4.78 is 0. The first kappa shape index (κ1) is 17.4. The number of hydrogen-bond acceptors (Lipinski definition) is 2. The van der Waals surface area contributed by atoms with Crippen molar-refractivity contribution in [2.24, 2.45) is 0 Å². The molecule has 0 saturated carbocycles. The molecule has 1 heterocycles. The fourth-order valence-corrected chi connectivity index (χ4v) is 2.17. The minimum absolute atomic E-state index is 0.169. The maximum absolute atomic E-state index is 12.0. The summed E-state index contributed by atoms with van der Waals surface area (Å²) in [7, 11) is 0. The molecule has 3 rings (SSSR count). The number of nitrogens with one attached hydrogen (secondary N) is 1. The molecule has 0 atom stereocenters. The van der Waals surface area contributed by atoms with E-state index in [0.29, 0.717) is 5.69 Å². The molecule has 0 spiro atoms. The normalized spacial score (nSPS) is 10.3. The lowest BCUT2D eigenvalue weighted by molar-refractivity contribution is -0.111. The monoisotopic (exact) mass is 318 g/mol. The number of rotatable bonds is 3. The quantitative estimate of drug-likeness (QED) is 0.673. The van der Waals surface area contributed by atoms with Crippen LogP contribution >= 0.6 is 0 Å². The third-order valence-corrected chi connectivity index (χ3v) is 3.36. The van der Waals surface area contributed by atoms with Gasteiger partial charge in [-0.15, -0.1) is 0 Å². The van der Waals surface area contributed by atoms with Crippen LogP contribution in [0.15, 0.2) is 66.9 Å². The van der Waals surface area contributed by atoms with Gasteiger partial charge in [0.2, 0.25) is 5.91 Å². The standard InChI is InChI=1S/C19H16N2O.C2H6/c1-14-6-8-15(9-7-14)10-11-19(22)21-17-12-16-4-2-3-5-18(16)20-13-17;1-2/h2-13H,1H3,(H,21,22);1-2H3/b11-10+;. The highest BCUT2D eigenvalue weighted by Crippen LogP contribution is 2.16. The van der Waals surface area contributed by atoms with Crippen molar-refractivity contribution in [3.63, 3.8) is 0 Å². The van der Waals surface area contributed by atoms with Gasteiger partial charge in [0, 0.05) is 11.5 Å². The van der Waals surface area contributed by atoms with E-state index in [1.54, 1.807) is 12.3 Å². The zero-order chi connectivity index (χ0) is 17.4. The summed E-state index contributed by atoms with van der Waals surface area (Å²) in [6.45, 7) is 6.03. The van der Waals surface area contributed by atoms with Crippen molar-refractivity contribution < 1.29 is 4.79 Å². The summed E-state index contributed by atoms with van der Waals surface area (Å²) in [6.07, 6.45) is 4.99. The average molecular weight is 318 g/mol. The Balaban J connectivity index is 0.00000100. The molecule has 0 unspecified atom stereocenters. The second-order valence-corrected chi connectivity index (χ2v) is 5.15. The number of carbonyl (C=O) groups excluding carboxylic acids is 1. The Kier molecular flexibility index (Phi) is 6.26. The number of nitrogens with zero attached hydrogens (tertiary/aromatic N) is 1. The maximum Gasteiger partial charge on any atom is 0.248 e. The number of anilines is 1. The van der Waals surface area contributed by atoms with Crippen molar-refractivity contribution >= 4 is 28.6 Å². The maximum atomic E-state index is 12.0. The van der Waals surface area contributed by atoms with Gasteiger partial charge >= 0.3 is 0 Å². The van der Waals surface area contributed by atoms with Crippen LogP contribution in [-0.4, -0.2) is 10.9 Å². The van der Waals surface area contributed by atoms with Gasteiger partial charge < -0.3 is 5.32 Å². The second-order valence-electron chi connectivity index (χ2n) is 5.15. The molecule has 0 radical (unpaired) electrons. The van der Waals surface area contributed by atoms with Crippen LogP contribution in [0, 0.1) is 6.92 Å². The molecule has 1 aromatic heterocycles. The fourth-order valence-electron chi connectivity index (χ4n) is 2.17. The van der Waals surface area contributed by atoms with Crippen molar-refractivity contribution in [2.45, 2.75) is 20.8 Å². The lowest BCUT2D eigenvalue weighted by Crippen LogP contribution is -2.07. The van der Waals surface area contributed by atoms with Gasteiger partial charge in [-0.1, -0.05) is 61.9 Å². The highest BCUT2D eigenvalue weighted by molar-refractivity contribution is 6.02. The van der Waals surface area contributed by atoms with Crippen molar-refractivity contribution in [3.8, 4) is 0 Å². The Bertz CT molecular complexity index is 836. The zero-order valence-corrected chi connectivity index (χ0v) is 14.3. The Labute approximate surface area is 143 Å². The van der Waals surface area contributed by atoms with Gasteiger partial charge in [0.25, 0.3) is 0 Å². The van der Waals surface area contributed by atoms with Gasteiger partial charge in [0.05, 0.1) is 17.4 Å². The molecule has 0 fully saturated rings. The summed E-state index contributed by atoms with van der Waals surface area (Å²) in [6, 6.07) is 17.7. The zero-order valence-electron chi connectivity index (χ0n) is 14.3. The summed E-state index contributed by atoms with van der Waals surface area (Å²) in [5.41, 5.74) is 3.80. The number of benzene rings is 2. The molecule has 0 aliphatic heterocycles. The van der Waals surface area contributed by atoms with Crippen LogP contribution in [0.3, 0.4) is 0 Å². The van der Waals surface area contributed by atoms with Crippen molar-refractivity contribution in [2.75, 3.05) is 5.32 Å². The lowest BCUT2D eigenvalue weighted by atomic mass is 10.1. The van der Waals surface area contributed by atoms with Crippen molar-refractivity contribution in [1.82, 2.24) is 4.98 Å². The number of amides is 1. The molecule has 1 amide bonds. The topological polar surface area (TPSA) is 42.0 Å². The number of pyridine rings is 1. The van der Waals surface area contributed by atoms with Crippen LogP contribution in [-0.2, 0) is 4.79 Å². The van der Waals surface area contributed by atoms with E-state index in [1.165, 1.54) is 11.6 Å². The average Bonchev–Trinajstić information content (AvgIpc) is 2.63. The smallest absolute Gasteiger partial charge is 0.248 e. The largest absolute Gasteiger partial charge is 0.321 e. The molecule has 1 N–H and O–H groups in total. The Morgan fingerprint density at radius 3 is 2.50 bits per heavy atom. The summed E-state index contributed by atoms with van der Waals surface area (Å²) >= 11 is 0. The minimum Gasteiger partial charge on any atom is -0.321 e. The predicted octanol–water partition coefficient (Wildman–Crippen LogP) is 5.22. The van der Waals surface area contributed by atoms with Crippen LogP contribution in [0.25, 0.3) is 17.0 Å². The van der Waals surface area contributed by atoms with Crippen LogP contribution in [0.1, 0.15) is 25.0 Å². The molecule has 2 aromatic carbocycles. The minimum atomic E-state index is -0.169. The first-order valence-corrected chi connectivity index (χ1v) is 8.11. The number of hydrogen-bond donors (Lipinski definition) is 1. The molecule has 0 bridgehead atoms. The van der Waals surface area contributed by atoms with E-state index in [1.807, 2.05) is 75.4 Å². The van der Waals surface area contributed by atoms with E-state index in [4.69, 9.17) is 0 Å². The highest BCUT2D eigenvalue weighted by Gasteiger charge is 2.00. The molecule has 0 saturated heterocycles. The Morgan fingerprint density at radius 1 is 1.04 bits per heavy atom. The van der Waals surface area contributed by atoms with E-state index in [9.17, 15) is 4.79 Å². The van der Waals surface area contributed by atoms with Gasteiger partial charge in [-0.25, -0.2) is 0 Å². The molecular weight excluding hydrogens is 296 g/mol. The van der Waals surface area contributed by atoms with E-state index < -0.39 is 0 Å². The SMILES string of the molecule is CC.Cc1ccc(/C=C/C(=O)Nc2cnc3ccccc3c2)cc1. The van der Waals surface area contributed by atoms with Crippen molar-refractivity contribution in [1.29, 1.82) is 0 Å². The molecule has 0 aliphatic rings. The fraction of sp³-hybridized carbons (Fsp3) is 0.143. The first-order chi connectivity index (χ1) is 11.7. The van der Waals surface area contributed by atoms with Gasteiger partial charge in [-0.2, -0.15) is 0 Å². The van der Waals surface area contributed by atoms with E-state index >= 15 is 0 Å². The molecule has 3 heteroatoms. The third kappa shape index (κ3) is 4.78. The van der Waals surface area contributed by atoms with Crippen LogP contribution < -0.4 is 5.32 Å². The molecule has 24 heavy (non-hydrogen) atoms. The molecule has 122 valence electrons. The number of aromatic nitrogens is 1. The molecule has 3 aromatic rings. The van der Waals surface area contributed by atoms with Gasteiger partial charge in [-0.05, 0) is 30.7 Å². The second kappa shape index (κ2) is 8.63. The molecule has 0 aliphatic carbocycles. The number of fused-ring (bicyclic) bond motifs is 1. The van der Waals surface area contributed by atoms with Gasteiger partial charge in [-0.3, -0.25) is 9.78 Å². The van der Waals surface area contributed by atoms with Gasteiger partial charge in [0.1, 0.15) is 0 Å². The van der Waals surface area contributed by atoms with E-state index in [-0.39, 0.29) is 5.91 Å². The molecular formula is C21H22N2O. The predicted molar refractivity (Wildman–Crippen MR) is 102 cm³/mol. The number of para-hydroxylation sites is 1. The van der Waals surface area contributed by atoms with E-state index in [0.717, 1.165) is 16.5 Å². The third-order valence-electron chi connectivity index (χ3n) is 3.36. The Morgan fingerprint density at radius 2 is 1.75 bits per heavy atom. The highest BCUT2D eigenvalue weighted by atomic mass is 16.1. The summed E-state index contributed by atoms with van der Waals surface area (Å²) in [5.74, 6) is -0.169. The van der Waals surface area contributed by atoms with Crippen LogP contribution in [0.4, 0.5) is 5.69 Å². The summed E-state index contributed by atoms with van der Waals surface area (Å²) in [4.78, 5) is 16.3. The van der Waals surface area contributed by atoms with Crippen LogP contribution in [0.2, 0.25) is 0 Å². The van der Waals surface area contributed by atoms with E-state index in [2.05, 4.69) is 10.3 Å². The lowest BCUT2D eigenvalue weighted by Gasteiger charge is -2.03. The van der Waals surface area contributed by atoms with Crippen LogP contribution in [0.5, 0.6) is 0 Å². The molecule has 3 nitrogen and oxygen atoms in total. The number of carbonyl (C=O) groups is 1.